The minimum Gasteiger partial charge on any atom is -0.388 e. The van der Waals surface area contributed by atoms with Crippen LogP contribution in [0.1, 0.15) is 21.5 Å². The summed E-state index contributed by atoms with van der Waals surface area (Å²) in [5.74, 6) is -0.491. The van der Waals surface area contributed by atoms with Gasteiger partial charge in [-0.25, -0.2) is 0 Å². The standard InChI is InChI=1S/C28H29N3O3.ClH/c1-20-17-21(7-10-24(33)19-32)8-11-25(20)26-12-9-23(31-15-13-29-14-16-31)18-27(26)30-28(34)22-5-3-2-4-6-22;/h2-12,17-18,29,32H,13-16,19H2,1H3,(H,30,34);1H/b10-7+;. The Kier molecular flexibility index (Phi) is 9.20. The highest BCUT2D eigenvalue weighted by Crippen LogP contribution is 2.35. The number of nitrogens with one attached hydrogen (secondary N) is 2. The van der Waals surface area contributed by atoms with Crippen molar-refractivity contribution < 1.29 is 14.7 Å². The lowest BCUT2D eigenvalue weighted by molar-refractivity contribution is -0.117. The third-order valence-corrected chi connectivity index (χ3v) is 5.93. The summed E-state index contributed by atoms with van der Waals surface area (Å²) in [4.78, 5) is 26.7. The molecule has 1 heterocycles. The number of hydrogen-bond acceptors (Lipinski definition) is 5. The van der Waals surface area contributed by atoms with Crippen molar-refractivity contribution in [2.75, 3.05) is 43.0 Å². The topological polar surface area (TPSA) is 81.7 Å². The number of aliphatic hydroxyl groups excluding tert-OH is 1. The quantitative estimate of drug-likeness (QED) is 0.429. The van der Waals surface area contributed by atoms with E-state index < -0.39 is 6.61 Å². The minimum atomic E-state index is -0.503. The normalized spacial score (nSPS) is 13.4. The number of piperazine rings is 1. The molecule has 0 spiro atoms. The molecule has 0 atom stereocenters. The van der Waals surface area contributed by atoms with E-state index in [9.17, 15) is 9.59 Å². The van der Waals surface area contributed by atoms with E-state index in [0.29, 0.717) is 5.56 Å². The van der Waals surface area contributed by atoms with Crippen molar-refractivity contribution in [2.24, 2.45) is 0 Å². The molecule has 1 fully saturated rings. The van der Waals surface area contributed by atoms with Crippen LogP contribution < -0.4 is 15.5 Å². The van der Waals surface area contributed by atoms with E-state index in [1.54, 1.807) is 18.2 Å². The fourth-order valence-electron chi connectivity index (χ4n) is 4.11. The van der Waals surface area contributed by atoms with E-state index in [-0.39, 0.29) is 24.1 Å². The number of halogens is 1. The van der Waals surface area contributed by atoms with Gasteiger partial charge in [-0.3, -0.25) is 9.59 Å². The number of rotatable bonds is 7. The van der Waals surface area contributed by atoms with E-state index >= 15 is 0 Å². The predicted octanol–water partition coefficient (Wildman–Crippen LogP) is 4.32. The molecule has 35 heavy (non-hydrogen) atoms. The van der Waals surface area contributed by atoms with Crippen molar-refractivity contribution in [3.05, 3.63) is 89.5 Å². The third-order valence-electron chi connectivity index (χ3n) is 5.93. The van der Waals surface area contributed by atoms with Gasteiger partial charge < -0.3 is 20.6 Å². The number of carbonyl (C=O) groups is 2. The van der Waals surface area contributed by atoms with Crippen LogP contribution in [0.25, 0.3) is 17.2 Å². The summed E-state index contributed by atoms with van der Waals surface area (Å²) in [5.41, 5.74) is 6.26. The Morgan fingerprint density at radius 3 is 2.40 bits per heavy atom. The molecule has 0 saturated carbocycles. The van der Waals surface area contributed by atoms with Gasteiger partial charge in [-0.1, -0.05) is 48.5 Å². The number of benzene rings is 3. The number of ketones is 1. The van der Waals surface area contributed by atoms with Crippen LogP contribution in [-0.2, 0) is 4.79 Å². The van der Waals surface area contributed by atoms with Gasteiger partial charge in [-0.2, -0.15) is 0 Å². The number of carbonyl (C=O) groups excluding carboxylic acids is 2. The molecule has 1 aliphatic rings. The Labute approximate surface area is 212 Å². The average molecular weight is 492 g/mol. The molecule has 1 saturated heterocycles. The van der Waals surface area contributed by atoms with Crippen LogP contribution in [0.3, 0.4) is 0 Å². The smallest absolute Gasteiger partial charge is 0.255 e. The first kappa shape index (κ1) is 26.2. The molecule has 0 aromatic heterocycles. The van der Waals surface area contributed by atoms with Crippen molar-refractivity contribution in [3.8, 4) is 11.1 Å². The van der Waals surface area contributed by atoms with Gasteiger partial charge in [-0.15, -0.1) is 12.4 Å². The summed E-state index contributed by atoms with van der Waals surface area (Å²) in [6.45, 7) is 5.20. The summed E-state index contributed by atoms with van der Waals surface area (Å²) >= 11 is 0. The number of nitrogens with zero attached hydrogens (tertiary/aromatic N) is 1. The molecule has 3 aromatic carbocycles. The van der Waals surface area contributed by atoms with E-state index in [1.807, 2.05) is 43.3 Å². The Morgan fingerprint density at radius 2 is 1.71 bits per heavy atom. The van der Waals surface area contributed by atoms with Gasteiger partial charge in [0.1, 0.15) is 6.61 Å². The maximum Gasteiger partial charge on any atom is 0.255 e. The summed E-state index contributed by atoms with van der Waals surface area (Å²) in [5, 5.41) is 15.4. The highest BCUT2D eigenvalue weighted by Gasteiger charge is 2.16. The molecule has 0 aliphatic carbocycles. The first-order valence-electron chi connectivity index (χ1n) is 11.4. The van der Waals surface area contributed by atoms with Gasteiger partial charge in [0, 0.05) is 43.0 Å². The summed E-state index contributed by atoms with van der Waals surface area (Å²) in [6, 6.07) is 21.3. The fourth-order valence-corrected chi connectivity index (χ4v) is 4.11. The molecular weight excluding hydrogens is 462 g/mol. The van der Waals surface area contributed by atoms with Gasteiger partial charge in [0.15, 0.2) is 5.78 Å². The van der Waals surface area contributed by atoms with E-state index in [2.05, 4.69) is 33.7 Å². The molecule has 3 aromatic rings. The Morgan fingerprint density at radius 1 is 1.00 bits per heavy atom. The number of amides is 1. The number of aryl methyl sites for hydroxylation is 1. The number of aliphatic hydroxyl groups is 1. The van der Waals surface area contributed by atoms with Crippen molar-refractivity contribution in [2.45, 2.75) is 6.92 Å². The molecule has 1 aliphatic heterocycles. The summed E-state index contributed by atoms with van der Waals surface area (Å²) in [6.07, 6.45) is 3.07. The molecule has 182 valence electrons. The lowest BCUT2D eigenvalue weighted by atomic mass is 9.96. The van der Waals surface area contributed by atoms with Crippen LogP contribution >= 0.6 is 12.4 Å². The molecule has 1 amide bonds. The molecule has 0 bridgehead atoms. The SMILES string of the molecule is Cc1cc(/C=C/C(=O)CO)ccc1-c1ccc(N2CCNCC2)cc1NC(=O)c1ccccc1.Cl. The maximum atomic E-state index is 13.0. The number of hydrogen-bond donors (Lipinski definition) is 3. The highest BCUT2D eigenvalue weighted by molar-refractivity contribution is 6.06. The van der Waals surface area contributed by atoms with Gasteiger partial charge in [0.05, 0.1) is 5.69 Å². The first-order chi connectivity index (χ1) is 16.5. The minimum absolute atomic E-state index is 0. The zero-order valence-corrected chi connectivity index (χ0v) is 20.5. The Balaban J connectivity index is 0.00000342. The number of anilines is 2. The second-order valence-electron chi connectivity index (χ2n) is 8.32. The molecule has 3 N–H and O–H groups in total. The lowest BCUT2D eigenvalue weighted by Gasteiger charge is -2.30. The Bertz CT molecular complexity index is 1210. The highest BCUT2D eigenvalue weighted by atomic mass is 35.5. The third kappa shape index (κ3) is 6.57. The molecule has 4 rings (SSSR count). The predicted molar refractivity (Wildman–Crippen MR) is 144 cm³/mol. The van der Waals surface area contributed by atoms with Crippen molar-refractivity contribution >= 4 is 41.5 Å². The second-order valence-corrected chi connectivity index (χ2v) is 8.32. The monoisotopic (exact) mass is 491 g/mol. The van der Waals surface area contributed by atoms with Crippen LogP contribution in [0.15, 0.2) is 72.8 Å². The van der Waals surface area contributed by atoms with Gasteiger partial charge in [-0.05, 0) is 54.0 Å². The summed E-state index contributed by atoms with van der Waals surface area (Å²) < 4.78 is 0. The zero-order chi connectivity index (χ0) is 23.9. The molecule has 7 heteroatoms. The van der Waals surface area contributed by atoms with Crippen molar-refractivity contribution in [1.82, 2.24) is 5.32 Å². The van der Waals surface area contributed by atoms with Crippen LogP contribution in [0.5, 0.6) is 0 Å². The van der Waals surface area contributed by atoms with Crippen LogP contribution in [0, 0.1) is 6.92 Å². The van der Waals surface area contributed by atoms with Crippen molar-refractivity contribution in [3.63, 3.8) is 0 Å². The largest absolute Gasteiger partial charge is 0.388 e. The average Bonchev–Trinajstić information content (AvgIpc) is 2.88. The van der Waals surface area contributed by atoms with Crippen LogP contribution in [0.2, 0.25) is 0 Å². The van der Waals surface area contributed by atoms with Crippen LogP contribution in [-0.4, -0.2) is 49.6 Å². The van der Waals surface area contributed by atoms with E-state index in [0.717, 1.165) is 59.8 Å². The van der Waals surface area contributed by atoms with E-state index in [4.69, 9.17) is 5.11 Å². The van der Waals surface area contributed by atoms with Crippen LogP contribution in [0.4, 0.5) is 11.4 Å². The molecular formula is C28H30ClN3O3. The molecule has 0 radical (unpaired) electrons. The zero-order valence-electron chi connectivity index (χ0n) is 19.7. The fraction of sp³-hybridized carbons (Fsp3) is 0.214. The second kappa shape index (κ2) is 12.3. The molecule has 6 nitrogen and oxygen atoms in total. The van der Waals surface area contributed by atoms with Gasteiger partial charge in [0.25, 0.3) is 5.91 Å². The Hall–Kier alpha value is -3.45. The van der Waals surface area contributed by atoms with E-state index in [1.165, 1.54) is 6.08 Å². The van der Waals surface area contributed by atoms with Gasteiger partial charge in [0.2, 0.25) is 0 Å². The lowest BCUT2D eigenvalue weighted by Crippen LogP contribution is -2.43. The first-order valence-corrected chi connectivity index (χ1v) is 11.4. The molecule has 0 unspecified atom stereocenters. The van der Waals surface area contributed by atoms with Crippen molar-refractivity contribution in [1.29, 1.82) is 0 Å². The maximum absolute atomic E-state index is 13.0. The summed E-state index contributed by atoms with van der Waals surface area (Å²) in [7, 11) is 0. The van der Waals surface area contributed by atoms with Gasteiger partial charge >= 0.3 is 0 Å².